The fourth-order valence-corrected chi connectivity index (χ4v) is 3.96. The van der Waals surface area contributed by atoms with Crippen LogP contribution in [0.15, 0.2) is 72.8 Å². The number of amides is 2. The van der Waals surface area contributed by atoms with Crippen molar-refractivity contribution in [1.29, 1.82) is 0 Å². The van der Waals surface area contributed by atoms with Gasteiger partial charge in [-0.1, -0.05) is 48.5 Å². The summed E-state index contributed by atoms with van der Waals surface area (Å²) < 4.78 is 11.5. The van der Waals surface area contributed by atoms with Gasteiger partial charge in [-0.3, -0.25) is 14.5 Å². The largest absolute Gasteiger partial charge is 0.490 e. The van der Waals surface area contributed by atoms with Gasteiger partial charge in [0.25, 0.3) is 11.8 Å². The molecule has 0 radical (unpaired) electrons. The topological polar surface area (TPSA) is 55.8 Å². The molecule has 5 nitrogen and oxygen atoms in total. The van der Waals surface area contributed by atoms with Crippen LogP contribution in [0.4, 0.5) is 0 Å². The summed E-state index contributed by atoms with van der Waals surface area (Å²) in [5.41, 5.74) is 2.75. The van der Waals surface area contributed by atoms with Gasteiger partial charge in [-0.2, -0.15) is 0 Å². The van der Waals surface area contributed by atoms with Crippen molar-refractivity contribution in [1.82, 2.24) is 4.90 Å². The molecular weight excluding hydrogens is 390 g/mol. The van der Waals surface area contributed by atoms with Gasteiger partial charge < -0.3 is 9.47 Å². The normalized spacial score (nSPS) is 13.8. The smallest absolute Gasteiger partial charge is 0.262 e. The van der Waals surface area contributed by atoms with Gasteiger partial charge in [-0.05, 0) is 55.7 Å². The zero-order chi connectivity index (χ0) is 21.8. The molecule has 2 amide bonds. The first-order chi connectivity index (χ1) is 15.1. The molecule has 3 aromatic rings. The van der Waals surface area contributed by atoms with Crippen molar-refractivity contribution in [2.75, 3.05) is 13.2 Å². The van der Waals surface area contributed by atoms with Crippen LogP contribution in [0.25, 0.3) is 0 Å². The lowest BCUT2D eigenvalue weighted by Gasteiger charge is -2.27. The molecule has 5 heteroatoms. The van der Waals surface area contributed by atoms with Gasteiger partial charge in [-0.25, -0.2) is 0 Å². The van der Waals surface area contributed by atoms with Gasteiger partial charge in [0.15, 0.2) is 11.5 Å². The molecule has 0 aliphatic carbocycles. The van der Waals surface area contributed by atoms with Crippen LogP contribution in [0.2, 0.25) is 0 Å². The summed E-state index contributed by atoms with van der Waals surface area (Å²) in [6.07, 6.45) is 0.506. The number of nitrogens with zero attached hydrogens (tertiary/aromatic N) is 1. The molecule has 1 unspecified atom stereocenters. The number of carbonyl (C=O) groups is 2. The number of carbonyl (C=O) groups excluding carboxylic acids is 2. The zero-order valence-corrected chi connectivity index (χ0v) is 17.7. The second kappa shape index (κ2) is 9.04. The number of imide groups is 1. The zero-order valence-electron chi connectivity index (χ0n) is 17.7. The number of ether oxygens (including phenoxy) is 2. The van der Waals surface area contributed by atoms with E-state index in [9.17, 15) is 9.59 Å². The van der Waals surface area contributed by atoms with Crippen LogP contribution in [-0.4, -0.2) is 29.9 Å². The number of benzene rings is 3. The molecule has 1 aliphatic heterocycles. The summed E-state index contributed by atoms with van der Waals surface area (Å²) in [6.45, 7) is 4.83. The fourth-order valence-electron chi connectivity index (χ4n) is 3.96. The number of hydrogen-bond acceptors (Lipinski definition) is 4. The predicted molar refractivity (Wildman–Crippen MR) is 119 cm³/mol. The molecule has 0 aromatic heterocycles. The highest BCUT2D eigenvalue weighted by atomic mass is 16.5. The number of fused-ring (bicyclic) bond motifs is 1. The second-order valence-electron chi connectivity index (χ2n) is 7.30. The lowest BCUT2D eigenvalue weighted by Crippen LogP contribution is -2.35. The standard InChI is InChI=1S/C26H25NO4/c1-3-30-23-15-14-19(17-24(23)31-4-2)22(16-18-10-6-5-7-11-18)27-25(28)20-12-8-9-13-21(20)26(27)29/h5-15,17,22H,3-4,16H2,1-2H3. The third kappa shape index (κ3) is 4.04. The summed E-state index contributed by atoms with van der Waals surface area (Å²) in [4.78, 5) is 27.9. The maximum absolute atomic E-state index is 13.2. The molecule has 158 valence electrons. The number of hydrogen-bond donors (Lipinski definition) is 0. The lowest BCUT2D eigenvalue weighted by molar-refractivity contribution is 0.0581. The minimum atomic E-state index is -0.468. The van der Waals surface area contributed by atoms with Crippen molar-refractivity contribution >= 4 is 11.8 Å². The third-order valence-corrected chi connectivity index (χ3v) is 5.36. The van der Waals surface area contributed by atoms with Crippen molar-refractivity contribution in [2.45, 2.75) is 26.3 Å². The quantitative estimate of drug-likeness (QED) is 0.482. The van der Waals surface area contributed by atoms with Crippen LogP contribution in [-0.2, 0) is 6.42 Å². The van der Waals surface area contributed by atoms with Crippen LogP contribution >= 0.6 is 0 Å². The van der Waals surface area contributed by atoms with Crippen LogP contribution in [0.5, 0.6) is 11.5 Å². The SMILES string of the molecule is CCOc1ccc(C(Cc2ccccc2)N2C(=O)c3ccccc3C2=O)cc1OCC. The molecule has 0 spiro atoms. The van der Waals surface area contributed by atoms with Crippen molar-refractivity contribution in [2.24, 2.45) is 0 Å². The van der Waals surface area contributed by atoms with E-state index in [-0.39, 0.29) is 11.8 Å². The average molecular weight is 415 g/mol. The van der Waals surface area contributed by atoms with Crippen LogP contribution < -0.4 is 9.47 Å². The van der Waals surface area contributed by atoms with Crippen molar-refractivity contribution in [3.8, 4) is 11.5 Å². The van der Waals surface area contributed by atoms with E-state index in [0.29, 0.717) is 42.3 Å². The Bertz CT molecular complexity index is 1060. The van der Waals surface area contributed by atoms with Gasteiger partial charge in [0.1, 0.15) is 0 Å². The number of rotatable bonds is 8. The van der Waals surface area contributed by atoms with Gasteiger partial charge in [0.05, 0.1) is 30.4 Å². The third-order valence-electron chi connectivity index (χ3n) is 5.36. The first-order valence-electron chi connectivity index (χ1n) is 10.5. The molecule has 0 saturated carbocycles. The molecule has 3 aromatic carbocycles. The maximum Gasteiger partial charge on any atom is 0.262 e. The minimum absolute atomic E-state index is 0.270. The van der Waals surface area contributed by atoms with E-state index >= 15 is 0 Å². The van der Waals surface area contributed by atoms with Crippen molar-refractivity contribution in [3.05, 3.63) is 95.1 Å². The Morgan fingerprint density at radius 3 is 1.94 bits per heavy atom. The van der Waals surface area contributed by atoms with Crippen LogP contribution in [0.3, 0.4) is 0 Å². The second-order valence-corrected chi connectivity index (χ2v) is 7.30. The van der Waals surface area contributed by atoms with E-state index in [1.807, 2.05) is 62.4 Å². The predicted octanol–water partition coefficient (Wildman–Crippen LogP) is 5.06. The summed E-state index contributed by atoms with van der Waals surface area (Å²) in [5.74, 6) is 0.715. The fraction of sp³-hybridized carbons (Fsp3) is 0.231. The Morgan fingerprint density at radius 2 is 1.32 bits per heavy atom. The summed E-state index contributed by atoms with van der Waals surface area (Å²) >= 11 is 0. The monoisotopic (exact) mass is 415 g/mol. The molecule has 1 atom stereocenters. The van der Waals surface area contributed by atoms with E-state index in [0.717, 1.165) is 11.1 Å². The van der Waals surface area contributed by atoms with Gasteiger partial charge in [0.2, 0.25) is 0 Å². The highest BCUT2D eigenvalue weighted by molar-refractivity contribution is 6.21. The minimum Gasteiger partial charge on any atom is -0.490 e. The van der Waals surface area contributed by atoms with E-state index in [2.05, 4.69) is 0 Å². The van der Waals surface area contributed by atoms with E-state index < -0.39 is 6.04 Å². The van der Waals surface area contributed by atoms with Gasteiger partial charge in [-0.15, -0.1) is 0 Å². The summed E-state index contributed by atoms with van der Waals surface area (Å²) in [7, 11) is 0. The Labute approximate surface area is 182 Å². The highest BCUT2D eigenvalue weighted by Gasteiger charge is 2.40. The molecule has 0 saturated heterocycles. The van der Waals surface area contributed by atoms with Gasteiger partial charge in [0, 0.05) is 0 Å². The van der Waals surface area contributed by atoms with Crippen molar-refractivity contribution < 1.29 is 19.1 Å². The molecule has 0 bridgehead atoms. The summed E-state index contributed by atoms with van der Waals surface area (Å²) in [5, 5.41) is 0. The average Bonchev–Trinajstić information content (AvgIpc) is 3.05. The van der Waals surface area contributed by atoms with Crippen LogP contribution in [0, 0.1) is 0 Å². The maximum atomic E-state index is 13.2. The summed E-state index contributed by atoms with van der Waals surface area (Å²) in [6, 6.07) is 22.0. The van der Waals surface area contributed by atoms with E-state index in [1.54, 1.807) is 24.3 Å². The van der Waals surface area contributed by atoms with Crippen LogP contribution in [0.1, 0.15) is 51.7 Å². The Balaban J connectivity index is 1.78. The molecular formula is C26H25NO4. The first-order valence-corrected chi connectivity index (χ1v) is 10.5. The first kappa shape index (κ1) is 20.7. The Kier molecular flexibility index (Phi) is 6.03. The molecule has 1 heterocycles. The molecule has 31 heavy (non-hydrogen) atoms. The van der Waals surface area contributed by atoms with E-state index in [4.69, 9.17) is 9.47 Å². The molecule has 4 rings (SSSR count). The molecule has 0 fully saturated rings. The highest BCUT2D eigenvalue weighted by Crippen LogP contribution is 2.37. The van der Waals surface area contributed by atoms with Gasteiger partial charge >= 0.3 is 0 Å². The van der Waals surface area contributed by atoms with E-state index in [1.165, 1.54) is 4.90 Å². The molecule has 0 N–H and O–H groups in total. The molecule has 1 aliphatic rings. The van der Waals surface area contributed by atoms with Crippen molar-refractivity contribution in [3.63, 3.8) is 0 Å². The Morgan fingerprint density at radius 1 is 0.742 bits per heavy atom. The Hall–Kier alpha value is -3.60. The lowest BCUT2D eigenvalue weighted by atomic mass is 9.97.